The van der Waals surface area contributed by atoms with E-state index in [2.05, 4.69) is 4.90 Å². The predicted octanol–water partition coefficient (Wildman–Crippen LogP) is 1.55. The first-order valence-electron chi connectivity index (χ1n) is 7.43. The van der Waals surface area contributed by atoms with Gasteiger partial charge in [-0.05, 0) is 24.1 Å². The van der Waals surface area contributed by atoms with Crippen molar-refractivity contribution < 1.29 is 13.9 Å². The van der Waals surface area contributed by atoms with Crippen LogP contribution in [0.25, 0.3) is 0 Å². The number of benzene rings is 1. The van der Waals surface area contributed by atoms with Gasteiger partial charge in [0.1, 0.15) is 5.82 Å². The molecule has 1 aliphatic heterocycles. The monoisotopic (exact) mass is 294 g/mol. The highest BCUT2D eigenvalue weighted by Crippen LogP contribution is 2.07. The van der Waals surface area contributed by atoms with Crippen molar-refractivity contribution >= 4 is 5.91 Å². The summed E-state index contributed by atoms with van der Waals surface area (Å²) in [6, 6.07) is 6.43. The summed E-state index contributed by atoms with van der Waals surface area (Å²) in [5, 5.41) is 0. The van der Waals surface area contributed by atoms with E-state index in [4.69, 9.17) is 4.74 Å². The van der Waals surface area contributed by atoms with E-state index in [1.165, 1.54) is 12.1 Å². The van der Waals surface area contributed by atoms with E-state index in [9.17, 15) is 9.18 Å². The third-order valence-electron chi connectivity index (χ3n) is 3.80. The molecule has 4 nitrogen and oxygen atoms in total. The number of aryl methyl sites for hydroxylation is 1. The van der Waals surface area contributed by atoms with Gasteiger partial charge < -0.3 is 9.64 Å². The summed E-state index contributed by atoms with van der Waals surface area (Å²) in [6.07, 6.45) is 1.00. The lowest BCUT2D eigenvalue weighted by Crippen LogP contribution is -2.41. The van der Waals surface area contributed by atoms with Crippen molar-refractivity contribution in [1.82, 2.24) is 9.80 Å². The Labute approximate surface area is 125 Å². The summed E-state index contributed by atoms with van der Waals surface area (Å²) in [4.78, 5) is 16.1. The third kappa shape index (κ3) is 5.44. The van der Waals surface area contributed by atoms with Crippen LogP contribution in [-0.2, 0) is 16.0 Å². The van der Waals surface area contributed by atoms with Gasteiger partial charge in [-0.15, -0.1) is 0 Å². The predicted molar refractivity (Wildman–Crippen MR) is 79.6 cm³/mol. The molecule has 21 heavy (non-hydrogen) atoms. The Morgan fingerprint density at radius 1 is 1.38 bits per heavy atom. The standard InChI is InChI=1S/C16H23FN2O2/c1-18(7-8-19-9-11-21-12-10-19)16(20)6-5-14-3-2-4-15(17)13-14/h2-4,13H,5-12H2,1H3. The summed E-state index contributed by atoms with van der Waals surface area (Å²) in [7, 11) is 1.83. The Morgan fingerprint density at radius 2 is 2.14 bits per heavy atom. The van der Waals surface area contributed by atoms with Crippen LogP contribution in [-0.4, -0.2) is 62.1 Å². The van der Waals surface area contributed by atoms with Crippen LogP contribution in [0.2, 0.25) is 0 Å². The molecule has 0 saturated carbocycles. The van der Waals surface area contributed by atoms with Gasteiger partial charge in [-0.3, -0.25) is 9.69 Å². The normalized spacial score (nSPS) is 15.9. The summed E-state index contributed by atoms with van der Waals surface area (Å²) in [6.45, 7) is 5.03. The van der Waals surface area contributed by atoms with Crippen molar-refractivity contribution in [3.05, 3.63) is 35.6 Å². The molecule has 0 N–H and O–H groups in total. The Kier molecular flexibility index (Phi) is 6.14. The third-order valence-corrected chi connectivity index (χ3v) is 3.80. The van der Waals surface area contributed by atoms with Crippen molar-refractivity contribution in [2.45, 2.75) is 12.8 Å². The number of amides is 1. The lowest BCUT2D eigenvalue weighted by Gasteiger charge is -2.28. The quantitative estimate of drug-likeness (QED) is 0.798. The Balaban J connectivity index is 1.69. The molecule has 1 aliphatic rings. The molecular formula is C16H23FN2O2. The molecule has 0 aromatic heterocycles. The first-order valence-corrected chi connectivity index (χ1v) is 7.43. The fourth-order valence-electron chi connectivity index (χ4n) is 2.38. The van der Waals surface area contributed by atoms with Crippen LogP contribution in [0.3, 0.4) is 0 Å². The molecular weight excluding hydrogens is 271 g/mol. The minimum atomic E-state index is -0.249. The molecule has 0 aliphatic carbocycles. The molecule has 0 spiro atoms. The van der Waals surface area contributed by atoms with Crippen molar-refractivity contribution in [2.24, 2.45) is 0 Å². The maximum absolute atomic E-state index is 13.1. The lowest BCUT2D eigenvalue weighted by molar-refractivity contribution is -0.130. The zero-order valence-corrected chi connectivity index (χ0v) is 12.6. The molecule has 116 valence electrons. The van der Waals surface area contributed by atoms with Gasteiger partial charge in [0.25, 0.3) is 0 Å². The molecule has 5 heteroatoms. The van der Waals surface area contributed by atoms with Crippen LogP contribution in [0.5, 0.6) is 0 Å². The maximum Gasteiger partial charge on any atom is 0.222 e. The number of likely N-dealkylation sites (N-methyl/N-ethyl adjacent to an activating group) is 1. The van der Waals surface area contributed by atoms with Gasteiger partial charge in [-0.2, -0.15) is 0 Å². The van der Waals surface area contributed by atoms with E-state index in [1.54, 1.807) is 11.0 Å². The van der Waals surface area contributed by atoms with E-state index in [0.717, 1.165) is 45.0 Å². The summed E-state index contributed by atoms with van der Waals surface area (Å²) < 4.78 is 18.4. The molecule has 1 heterocycles. The number of morpholine rings is 1. The van der Waals surface area contributed by atoms with Gasteiger partial charge in [-0.25, -0.2) is 4.39 Å². The van der Waals surface area contributed by atoms with Crippen LogP contribution in [0, 0.1) is 5.82 Å². The molecule has 0 unspecified atom stereocenters. The maximum atomic E-state index is 13.1. The van der Waals surface area contributed by atoms with Gasteiger partial charge in [0.15, 0.2) is 0 Å². The van der Waals surface area contributed by atoms with Gasteiger partial charge in [0.05, 0.1) is 13.2 Å². The van der Waals surface area contributed by atoms with Crippen molar-refractivity contribution in [3.8, 4) is 0 Å². The van der Waals surface area contributed by atoms with Gasteiger partial charge in [-0.1, -0.05) is 12.1 Å². The van der Waals surface area contributed by atoms with Crippen LogP contribution < -0.4 is 0 Å². The van der Waals surface area contributed by atoms with Crippen molar-refractivity contribution in [2.75, 3.05) is 46.4 Å². The largest absolute Gasteiger partial charge is 0.379 e. The topological polar surface area (TPSA) is 32.8 Å². The average molecular weight is 294 g/mol. The van der Waals surface area contributed by atoms with Crippen LogP contribution >= 0.6 is 0 Å². The second kappa shape index (κ2) is 8.10. The molecule has 0 bridgehead atoms. The SMILES string of the molecule is CN(CCN1CCOCC1)C(=O)CCc1cccc(F)c1. The molecule has 0 radical (unpaired) electrons. The molecule has 1 fully saturated rings. The first-order chi connectivity index (χ1) is 10.1. The highest BCUT2D eigenvalue weighted by atomic mass is 19.1. The van der Waals surface area contributed by atoms with Crippen molar-refractivity contribution in [3.63, 3.8) is 0 Å². The number of ether oxygens (including phenoxy) is 1. The van der Waals surface area contributed by atoms with Gasteiger partial charge in [0.2, 0.25) is 5.91 Å². The highest BCUT2D eigenvalue weighted by Gasteiger charge is 2.13. The molecule has 1 aromatic carbocycles. The summed E-state index contributed by atoms with van der Waals surface area (Å²) >= 11 is 0. The van der Waals surface area contributed by atoms with Gasteiger partial charge in [0, 0.05) is 39.6 Å². The number of hydrogen-bond donors (Lipinski definition) is 0. The second-order valence-corrected chi connectivity index (χ2v) is 5.40. The molecule has 1 saturated heterocycles. The van der Waals surface area contributed by atoms with E-state index >= 15 is 0 Å². The first kappa shape index (κ1) is 15.9. The van der Waals surface area contributed by atoms with E-state index in [-0.39, 0.29) is 11.7 Å². The van der Waals surface area contributed by atoms with E-state index in [0.29, 0.717) is 12.8 Å². The number of rotatable bonds is 6. The van der Waals surface area contributed by atoms with E-state index in [1.807, 2.05) is 13.1 Å². The number of halogens is 1. The zero-order valence-electron chi connectivity index (χ0n) is 12.6. The van der Waals surface area contributed by atoms with Crippen molar-refractivity contribution in [1.29, 1.82) is 0 Å². The highest BCUT2D eigenvalue weighted by molar-refractivity contribution is 5.76. The summed E-state index contributed by atoms with van der Waals surface area (Å²) in [5.74, 6) is -0.145. The number of carbonyl (C=O) groups is 1. The Hall–Kier alpha value is -1.46. The van der Waals surface area contributed by atoms with Crippen LogP contribution in [0.15, 0.2) is 24.3 Å². The number of hydrogen-bond acceptors (Lipinski definition) is 3. The average Bonchev–Trinajstić information content (AvgIpc) is 2.51. The Bertz CT molecular complexity index is 461. The van der Waals surface area contributed by atoms with Crippen LogP contribution in [0.1, 0.15) is 12.0 Å². The summed E-state index contributed by atoms with van der Waals surface area (Å²) in [5.41, 5.74) is 0.866. The lowest BCUT2D eigenvalue weighted by atomic mass is 10.1. The smallest absolute Gasteiger partial charge is 0.222 e. The fourth-order valence-corrected chi connectivity index (χ4v) is 2.38. The van der Waals surface area contributed by atoms with Gasteiger partial charge >= 0.3 is 0 Å². The zero-order chi connectivity index (χ0) is 15.1. The molecule has 1 aromatic rings. The van der Waals surface area contributed by atoms with E-state index < -0.39 is 0 Å². The number of carbonyl (C=O) groups excluding carboxylic acids is 1. The molecule has 0 atom stereocenters. The molecule has 1 amide bonds. The minimum absolute atomic E-state index is 0.104. The Morgan fingerprint density at radius 3 is 2.86 bits per heavy atom. The van der Waals surface area contributed by atoms with Crippen LogP contribution in [0.4, 0.5) is 4.39 Å². The second-order valence-electron chi connectivity index (χ2n) is 5.40. The molecule has 2 rings (SSSR count). The number of nitrogens with zero attached hydrogens (tertiary/aromatic N) is 2. The fraction of sp³-hybridized carbons (Fsp3) is 0.562. The minimum Gasteiger partial charge on any atom is -0.379 e.